The highest BCUT2D eigenvalue weighted by atomic mass is 16.5. The molecule has 2 aliphatic heterocycles. The van der Waals surface area contributed by atoms with Crippen molar-refractivity contribution in [3.8, 4) is 0 Å². The maximum absolute atomic E-state index is 5.41. The summed E-state index contributed by atoms with van der Waals surface area (Å²) in [5.74, 6) is 1.43. The maximum Gasteiger partial charge on any atom is 0.0948 e. The Kier molecular flexibility index (Phi) is 3.43. The van der Waals surface area contributed by atoms with Crippen molar-refractivity contribution >= 4 is 0 Å². The first kappa shape index (κ1) is 11.2. The first-order valence-electron chi connectivity index (χ1n) is 6.72. The second-order valence-electron chi connectivity index (χ2n) is 5.22. The molecule has 1 aromatic rings. The number of imidazole rings is 1. The Balaban J connectivity index is 1.67. The Labute approximate surface area is 102 Å². The number of hydrogen-bond acceptors (Lipinski definition) is 3. The fraction of sp³-hybridized carbons (Fsp3) is 0.769. The second kappa shape index (κ2) is 5.19. The first-order chi connectivity index (χ1) is 8.43. The lowest BCUT2D eigenvalue weighted by atomic mass is 9.99. The molecule has 0 aliphatic carbocycles. The summed E-state index contributed by atoms with van der Waals surface area (Å²) in [6.45, 7) is 5.24. The van der Waals surface area contributed by atoms with Crippen LogP contribution in [0.2, 0.25) is 0 Å². The molecule has 94 valence electrons. The molecule has 2 aliphatic rings. The van der Waals surface area contributed by atoms with Crippen LogP contribution in [0.4, 0.5) is 0 Å². The van der Waals surface area contributed by atoms with Gasteiger partial charge in [0.25, 0.3) is 0 Å². The van der Waals surface area contributed by atoms with E-state index in [1.165, 1.54) is 25.0 Å². The van der Waals surface area contributed by atoms with Gasteiger partial charge in [0.05, 0.1) is 6.33 Å². The molecule has 3 rings (SSSR count). The summed E-state index contributed by atoms with van der Waals surface area (Å²) in [5.41, 5.74) is 1.42. The highest BCUT2D eigenvalue weighted by Crippen LogP contribution is 2.24. The smallest absolute Gasteiger partial charge is 0.0948 e. The van der Waals surface area contributed by atoms with E-state index in [2.05, 4.69) is 21.1 Å². The van der Waals surface area contributed by atoms with E-state index in [1.807, 2.05) is 6.33 Å². The van der Waals surface area contributed by atoms with E-state index in [0.29, 0.717) is 5.92 Å². The Morgan fingerprint density at radius 2 is 2.24 bits per heavy atom. The van der Waals surface area contributed by atoms with Crippen molar-refractivity contribution in [2.24, 2.45) is 5.92 Å². The molecule has 1 atom stereocenters. The van der Waals surface area contributed by atoms with Crippen LogP contribution in [0, 0.1) is 5.92 Å². The van der Waals surface area contributed by atoms with Gasteiger partial charge in [-0.1, -0.05) is 0 Å². The summed E-state index contributed by atoms with van der Waals surface area (Å²) in [4.78, 5) is 4.34. The number of hydrogen-bond donors (Lipinski definition) is 1. The van der Waals surface area contributed by atoms with Crippen molar-refractivity contribution in [2.75, 3.05) is 26.3 Å². The first-order valence-corrected chi connectivity index (χ1v) is 6.72. The van der Waals surface area contributed by atoms with Crippen LogP contribution < -0.4 is 5.32 Å². The van der Waals surface area contributed by atoms with E-state index in [9.17, 15) is 0 Å². The summed E-state index contributed by atoms with van der Waals surface area (Å²) in [7, 11) is 0. The highest BCUT2D eigenvalue weighted by Gasteiger charge is 2.22. The summed E-state index contributed by atoms with van der Waals surface area (Å²) in [5, 5.41) is 3.43. The molecule has 0 aromatic carbocycles. The number of ether oxygens (including phenoxy) is 1. The van der Waals surface area contributed by atoms with Gasteiger partial charge in [-0.05, 0) is 31.7 Å². The lowest BCUT2D eigenvalue weighted by molar-refractivity contribution is 0.0609. The van der Waals surface area contributed by atoms with Crippen molar-refractivity contribution in [2.45, 2.75) is 31.7 Å². The van der Waals surface area contributed by atoms with Gasteiger partial charge in [-0.25, -0.2) is 4.98 Å². The third kappa shape index (κ3) is 2.53. The van der Waals surface area contributed by atoms with Crippen LogP contribution in [0.3, 0.4) is 0 Å². The minimum atomic E-state index is 0.664. The maximum atomic E-state index is 5.41. The van der Waals surface area contributed by atoms with Gasteiger partial charge in [-0.15, -0.1) is 0 Å². The van der Waals surface area contributed by atoms with Crippen LogP contribution in [0.5, 0.6) is 0 Å². The molecule has 1 N–H and O–H groups in total. The molecule has 0 bridgehead atoms. The second-order valence-corrected chi connectivity index (χ2v) is 5.22. The van der Waals surface area contributed by atoms with Crippen LogP contribution in [0.1, 0.15) is 30.9 Å². The van der Waals surface area contributed by atoms with Gasteiger partial charge >= 0.3 is 0 Å². The quantitative estimate of drug-likeness (QED) is 0.860. The van der Waals surface area contributed by atoms with Gasteiger partial charge in [-0.2, -0.15) is 0 Å². The Morgan fingerprint density at radius 1 is 1.35 bits per heavy atom. The minimum Gasteiger partial charge on any atom is -0.381 e. The fourth-order valence-corrected chi connectivity index (χ4v) is 2.94. The summed E-state index contributed by atoms with van der Waals surface area (Å²) >= 11 is 0. The van der Waals surface area contributed by atoms with Crippen LogP contribution in [-0.4, -0.2) is 35.9 Å². The average Bonchev–Trinajstić information content (AvgIpc) is 3.00. The number of aromatic nitrogens is 2. The zero-order chi connectivity index (χ0) is 11.5. The number of nitrogens with one attached hydrogen (secondary N) is 1. The molecule has 2 fully saturated rings. The molecule has 0 saturated carbocycles. The molecule has 4 nitrogen and oxygen atoms in total. The summed E-state index contributed by atoms with van der Waals surface area (Å²) < 4.78 is 7.78. The molecular weight excluding hydrogens is 214 g/mol. The molecule has 3 heterocycles. The van der Waals surface area contributed by atoms with E-state index in [1.54, 1.807) is 0 Å². The van der Waals surface area contributed by atoms with Crippen molar-refractivity contribution < 1.29 is 4.74 Å². The van der Waals surface area contributed by atoms with E-state index >= 15 is 0 Å². The molecule has 2 saturated heterocycles. The minimum absolute atomic E-state index is 0.664. The predicted octanol–water partition coefficient (Wildman–Crippen LogP) is 1.39. The normalized spacial score (nSPS) is 26.5. The number of nitrogens with zero attached hydrogens (tertiary/aromatic N) is 2. The van der Waals surface area contributed by atoms with Gasteiger partial charge in [-0.3, -0.25) is 0 Å². The van der Waals surface area contributed by atoms with E-state index < -0.39 is 0 Å². The summed E-state index contributed by atoms with van der Waals surface area (Å²) in [6.07, 6.45) is 7.70. The molecule has 1 aromatic heterocycles. The van der Waals surface area contributed by atoms with Crippen LogP contribution in [0.15, 0.2) is 12.5 Å². The van der Waals surface area contributed by atoms with E-state index in [-0.39, 0.29) is 0 Å². The molecular formula is C13H21N3O. The third-order valence-corrected chi connectivity index (χ3v) is 4.02. The SMILES string of the molecule is c1ncn(CC2CCOCC2)c1C1CCNC1. The average molecular weight is 235 g/mol. The van der Waals surface area contributed by atoms with Gasteiger partial charge in [0.2, 0.25) is 0 Å². The highest BCUT2D eigenvalue weighted by molar-refractivity contribution is 5.09. The Morgan fingerprint density at radius 3 is 3.00 bits per heavy atom. The lowest BCUT2D eigenvalue weighted by Crippen LogP contribution is -2.21. The van der Waals surface area contributed by atoms with Crippen molar-refractivity contribution in [1.29, 1.82) is 0 Å². The zero-order valence-electron chi connectivity index (χ0n) is 10.3. The van der Waals surface area contributed by atoms with Crippen molar-refractivity contribution in [3.05, 3.63) is 18.2 Å². The lowest BCUT2D eigenvalue weighted by Gasteiger charge is -2.24. The summed E-state index contributed by atoms with van der Waals surface area (Å²) in [6, 6.07) is 0. The predicted molar refractivity (Wildman–Crippen MR) is 66.0 cm³/mol. The molecule has 4 heteroatoms. The standard InChI is InChI=1S/C13H21N3O/c1-4-14-7-12(1)13-8-15-10-16(13)9-11-2-5-17-6-3-11/h8,10-12,14H,1-7,9H2. The van der Waals surface area contributed by atoms with Gasteiger partial charge in [0.15, 0.2) is 0 Å². The molecule has 0 amide bonds. The van der Waals surface area contributed by atoms with Gasteiger partial charge in [0.1, 0.15) is 0 Å². The molecule has 17 heavy (non-hydrogen) atoms. The van der Waals surface area contributed by atoms with Crippen molar-refractivity contribution in [3.63, 3.8) is 0 Å². The molecule has 0 spiro atoms. The Hall–Kier alpha value is -0.870. The Bertz CT molecular complexity index is 351. The molecule has 0 radical (unpaired) electrons. The monoisotopic (exact) mass is 235 g/mol. The van der Waals surface area contributed by atoms with E-state index in [0.717, 1.165) is 38.8 Å². The van der Waals surface area contributed by atoms with Crippen LogP contribution >= 0.6 is 0 Å². The third-order valence-electron chi connectivity index (χ3n) is 4.02. The topological polar surface area (TPSA) is 39.1 Å². The van der Waals surface area contributed by atoms with Gasteiger partial charge in [0, 0.05) is 44.1 Å². The largest absolute Gasteiger partial charge is 0.381 e. The molecule has 1 unspecified atom stereocenters. The zero-order valence-corrected chi connectivity index (χ0v) is 10.3. The van der Waals surface area contributed by atoms with E-state index in [4.69, 9.17) is 4.74 Å². The van der Waals surface area contributed by atoms with Gasteiger partial charge < -0.3 is 14.6 Å². The van der Waals surface area contributed by atoms with Crippen LogP contribution in [0.25, 0.3) is 0 Å². The van der Waals surface area contributed by atoms with Crippen LogP contribution in [-0.2, 0) is 11.3 Å². The van der Waals surface area contributed by atoms with Crippen molar-refractivity contribution in [1.82, 2.24) is 14.9 Å². The fourth-order valence-electron chi connectivity index (χ4n) is 2.94. The number of rotatable bonds is 3.